The van der Waals surface area contributed by atoms with Crippen LogP contribution in [0.3, 0.4) is 0 Å². The van der Waals surface area contributed by atoms with Crippen molar-refractivity contribution < 1.29 is 13.6 Å². The van der Waals surface area contributed by atoms with Crippen LogP contribution in [0.2, 0.25) is 0 Å². The zero-order valence-corrected chi connectivity index (χ0v) is 14.6. The Kier molecular flexibility index (Phi) is 4.09. The lowest BCUT2D eigenvalue weighted by molar-refractivity contribution is 0.362. The molecule has 4 aromatic rings. The minimum Gasteiger partial charge on any atom is -0.490 e. The molecule has 0 aliphatic rings. The molecule has 0 amide bonds. The lowest BCUT2D eigenvalue weighted by Gasteiger charge is -2.07. The van der Waals surface area contributed by atoms with Crippen molar-refractivity contribution in [3.8, 4) is 17.1 Å². The molecule has 4 rings (SSSR count). The van der Waals surface area contributed by atoms with Crippen LogP contribution in [0.25, 0.3) is 33.3 Å². The first kappa shape index (κ1) is 16.2. The van der Waals surface area contributed by atoms with Gasteiger partial charge in [0.05, 0.1) is 0 Å². The van der Waals surface area contributed by atoms with E-state index in [1.165, 1.54) is 11.6 Å². The molecule has 0 fully saturated rings. The van der Waals surface area contributed by atoms with Gasteiger partial charge >= 0.3 is 5.63 Å². The minimum atomic E-state index is -0.411. The highest BCUT2D eigenvalue weighted by atomic mass is 16.5. The summed E-state index contributed by atoms with van der Waals surface area (Å²) in [7, 11) is 0. The first-order valence-electron chi connectivity index (χ1n) is 8.43. The van der Waals surface area contributed by atoms with Gasteiger partial charge in [0.1, 0.15) is 29.3 Å². The van der Waals surface area contributed by atoms with E-state index in [1.54, 1.807) is 12.1 Å². The molecule has 0 aliphatic carbocycles. The normalized spacial score (nSPS) is 11.0. The molecule has 2 aromatic carbocycles. The van der Waals surface area contributed by atoms with E-state index in [0.29, 0.717) is 29.3 Å². The van der Waals surface area contributed by atoms with Crippen molar-refractivity contribution in [1.82, 2.24) is 0 Å². The summed E-state index contributed by atoms with van der Waals surface area (Å²) < 4.78 is 17.0. The minimum absolute atomic E-state index is 0.411. The topological polar surface area (TPSA) is 52.6 Å². The Morgan fingerprint density at radius 3 is 2.65 bits per heavy atom. The Labute approximate surface area is 150 Å². The van der Waals surface area contributed by atoms with Crippen LogP contribution in [0.5, 0.6) is 5.75 Å². The van der Waals surface area contributed by atoms with Crippen LogP contribution in [0.4, 0.5) is 0 Å². The zero-order chi connectivity index (χ0) is 18.1. The fourth-order valence-corrected chi connectivity index (χ4v) is 2.85. The van der Waals surface area contributed by atoms with E-state index < -0.39 is 5.63 Å². The Balaban J connectivity index is 1.84. The van der Waals surface area contributed by atoms with E-state index in [2.05, 4.69) is 0 Å². The molecule has 26 heavy (non-hydrogen) atoms. The van der Waals surface area contributed by atoms with Gasteiger partial charge in [-0.25, -0.2) is 4.79 Å². The largest absolute Gasteiger partial charge is 0.490 e. The van der Waals surface area contributed by atoms with Gasteiger partial charge in [0.15, 0.2) is 0 Å². The summed E-state index contributed by atoms with van der Waals surface area (Å²) in [5, 5.41) is 1.76. The molecule has 0 saturated heterocycles. The van der Waals surface area contributed by atoms with Gasteiger partial charge in [0, 0.05) is 22.4 Å². The lowest BCUT2D eigenvalue weighted by Crippen LogP contribution is -1.99. The highest BCUT2D eigenvalue weighted by Crippen LogP contribution is 2.33. The van der Waals surface area contributed by atoms with Gasteiger partial charge in [0.25, 0.3) is 0 Å². The molecule has 4 heteroatoms. The molecular weight excluding hydrogens is 328 g/mol. The SMILES string of the molecule is CC(C)=CCOc1ccc2oc(=O)cc(-c3cc4ccccc4o3)c2c1. The molecule has 2 aromatic heterocycles. The number of hydrogen-bond donors (Lipinski definition) is 0. The van der Waals surface area contributed by atoms with Crippen molar-refractivity contribution in [3.05, 3.63) is 76.7 Å². The second kappa shape index (κ2) is 6.56. The number of benzene rings is 2. The van der Waals surface area contributed by atoms with Crippen molar-refractivity contribution in [2.24, 2.45) is 0 Å². The molecule has 0 radical (unpaired) electrons. The monoisotopic (exact) mass is 346 g/mol. The van der Waals surface area contributed by atoms with E-state index >= 15 is 0 Å². The van der Waals surface area contributed by atoms with Gasteiger partial charge in [-0.2, -0.15) is 0 Å². The van der Waals surface area contributed by atoms with Crippen molar-refractivity contribution in [2.75, 3.05) is 6.61 Å². The van der Waals surface area contributed by atoms with E-state index in [0.717, 1.165) is 16.4 Å². The van der Waals surface area contributed by atoms with Crippen LogP contribution in [-0.4, -0.2) is 6.61 Å². The number of rotatable bonds is 4. The summed E-state index contributed by atoms with van der Waals surface area (Å²) in [4.78, 5) is 12.0. The Hall–Kier alpha value is -3.27. The van der Waals surface area contributed by atoms with E-state index in [4.69, 9.17) is 13.6 Å². The molecule has 0 atom stereocenters. The summed E-state index contributed by atoms with van der Waals surface area (Å²) >= 11 is 0. The molecular formula is C22H18O4. The molecule has 0 bridgehead atoms. The maximum absolute atomic E-state index is 12.0. The van der Waals surface area contributed by atoms with Crippen molar-refractivity contribution in [3.63, 3.8) is 0 Å². The van der Waals surface area contributed by atoms with E-state index in [-0.39, 0.29) is 0 Å². The quantitative estimate of drug-likeness (QED) is 0.359. The summed E-state index contributed by atoms with van der Waals surface area (Å²) in [5.41, 5.74) is 2.76. The predicted octanol–water partition coefficient (Wildman–Crippen LogP) is 5.55. The Bertz CT molecular complexity index is 1140. The van der Waals surface area contributed by atoms with Gasteiger partial charge in [-0.1, -0.05) is 23.8 Å². The number of ether oxygens (including phenoxy) is 1. The molecule has 2 heterocycles. The third kappa shape index (κ3) is 3.14. The third-order valence-corrected chi connectivity index (χ3v) is 4.15. The first-order chi connectivity index (χ1) is 12.6. The molecule has 0 N–H and O–H groups in total. The summed E-state index contributed by atoms with van der Waals surface area (Å²) in [5.74, 6) is 1.34. The average Bonchev–Trinajstić information content (AvgIpc) is 3.05. The Morgan fingerprint density at radius 1 is 1.00 bits per heavy atom. The van der Waals surface area contributed by atoms with Crippen LogP contribution in [-0.2, 0) is 0 Å². The van der Waals surface area contributed by atoms with Crippen LogP contribution in [0, 0.1) is 0 Å². The fourth-order valence-electron chi connectivity index (χ4n) is 2.85. The highest BCUT2D eigenvalue weighted by Gasteiger charge is 2.13. The van der Waals surface area contributed by atoms with Gasteiger partial charge in [-0.05, 0) is 50.3 Å². The predicted molar refractivity (Wildman–Crippen MR) is 103 cm³/mol. The second-order valence-electron chi connectivity index (χ2n) is 6.38. The van der Waals surface area contributed by atoms with E-state index in [9.17, 15) is 4.79 Å². The molecule has 0 unspecified atom stereocenters. The van der Waals surface area contributed by atoms with Gasteiger partial charge in [-0.15, -0.1) is 0 Å². The fraction of sp³-hybridized carbons (Fsp3) is 0.136. The maximum Gasteiger partial charge on any atom is 0.336 e. The van der Waals surface area contributed by atoms with Crippen LogP contribution in [0.15, 0.2) is 79.9 Å². The molecule has 0 saturated carbocycles. The van der Waals surface area contributed by atoms with E-state index in [1.807, 2.05) is 56.3 Å². The Morgan fingerprint density at radius 2 is 1.85 bits per heavy atom. The average molecular weight is 346 g/mol. The third-order valence-electron chi connectivity index (χ3n) is 4.15. The zero-order valence-electron chi connectivity index (χ0n) is 14.6. The summed E-state index contributed by atoms with van der Waals surface area (Å²) in [6.07, 6.45) is 2.01. The first-order valence-corrected chi connectivity index (χ1v) is 8.43. The summed E-state index contributed by atoms with van der Waals surface area (Å²) in [6.45, 7) is 4.54. The van der Waals surface area contributed by atoms with Crippen molar-refractivity contribution in [2.45, 2.75) is 13.8 Å². The smallest absolute Gasteiger partial charge is 0.336 e. The summed E-state index contributed by atoms with van der Waals surface area (Å²) in [6, 6.07) is 16.6. The molecule has 130 valence electrons. The number of allylic oxidation sites excluding steroid dienone is 1. The van der Waals surface area contributed by atoms with Gasteiger partial charge < -0.3 is 13.6 Å². The van der Waals surface area contributed by atoms with Gasteiger partial charge in [-0.3, -0.25) is 0 Å². The standard InChI is InChI=1S/C22H18O4/c1-14(2)9-10-24-16-7-8-20-17(12-16)18(13-22(23)26-20)21-11-15-5-3-4-6-19(15)25-21/h3-9,11-13H,10H2,1-2H3. The second-order valence-corrected chi connectivity index (χ2v) is 6.38. The molecule has 0 aliphatic heterocycles. The molecule has 4 nitrogen and oxygen atoms in total. The van der Waals surface area contributed by atoms with Gasteiger partial charge in [0.2, 0.25) is 0 Å². The van der Waals surface area contributed by atoms with Crippen molar-refractivity contribution in [1.29, 1.82) is 0 Å². The number of furan rings is 1. The number of para-hydroxylation sites is 1. The maximum atomic E-state index is 12.0. The van der Waals surface area contributed by atoms with Crippen LogP contribution < -0.4 is 10.4 Å². The lowest BCUT2D eigenvalue weighted by atomic mass is 10.1. The van der Waals surface area contributed by atoms with Crippen LogP contribution in [0.1, 0.15) is 13.8 Å². The van der Waals surface area contributed by atoms with Crippen LogP contribution >= 0.6 is 0 Å². The number of fused-ring (bicyclic) bond motifs is 2. The highest BCUT2D eigenvalue weighted by molar-refractivity contribution is 5.95. The van der Waals surface area contributed by atoms with Crippen molar-refractivity contribution >= 4 is 21.9 Å². The number of hydrogen-bond acceptors (Lipinski definition) is 4. The molecule has 0 spiro atoms.